The molecule has 1 heterocycles. The van der Waals surface area contributed by atoms with Gasteiger partial charge in [0.2, 0.25) is 0 Å². The van der Waals surface area contributed by atoms with Crippen LogP contribution in [0.5, 0.6) is 5.75 Å². The van der Waals surface area contributed by atoms with Crippen LogP contribution in [-0.4, -0.2) is 17.2 Å². The van der Waals surface area contributed by atoms with Crippen molar-refractivity contribution in [3.63, 3.8) is 0 Å². The van der Waals surface area contributed by atoms with Gasteiger partial charge in [0.25, 0.3) is 0 Å². The Bertz CT molecular complexity index is 699. The van der Waals surface area contributed by atoms with Crippen LogP contribution in [0.1, 0.15) is 18.1 Å². The Balaban J connectivity index is 2.50. The molecule has 0 aliphatic rings. The third-order valence-electron chi connectivity index (χ3n) is 3.09. The summed E-state index contributed by atoms with van der Waals surface area (Å²) in [5.41, 5.74) is 1.42. The minimum absolute atomic E-state index is 0.355. The molecule has 0 spiro atoms. The smallest absolute Gasteiger partial charge is 0.344 e. The van der Waals surface area contributed by atoms with Gasteiger partial charge >= 0.3 is 11.6 Å². The molecule has 0 radical (unpaired) electrons. The van der Waals surface area contributed by atoms with Crippen LogP contribution in [-0.2, 0) is 4.79 Å². The topological polar surface area (TPSA) is 76.7 Å². The van der Waals surface area contributed by atoms with Crippen LogP contribution < -0.4 is 10.4 Å². The monoisotopic (exact) mass is 262 g/mol. The maximum Gasteiger partial charge on any atom is 0.344 e. The van der Waals surface area contributed by atoms with Crippen LogP contribution in [0.2, 0.25) is 0 Å². The standard InChI is InChI=1S/C14H14O5/c1-7-8(2)14(17)19-12-6-10(4-5-11(7)12)18-9(3)13(15)16/h4-6,9H,1-3H3,(H,15,16)/t9-/m0/s1. The second kappa shape index (κ2) is 4.76. The highest BCUT2D eigenvalue weighted by molar-refractivity contribution is 5.82. The lowest BCUT2D eigenvalue weighted by Crippen LogP contribution is -2.22. The summed E-state index contributed by atoms with van der Waals surface area (Å²) in [5.74, 6) is -0.699. The molecule has 1 atom stereocenters. The number of hydrogen-bond donors (Lipinski definition) is 1. The average Bonchev–Trinajstić information content (AvgIpc) is 2.35. The molecule has 5 nitrogen and oxygen atoms in total. The summed E-state index contributed by atoms with van der Waals surface area (Å²) >= 11 is 0. The van der Waals surface area contributed by atoms with Gasteiger partial charge in [-0.05, 0) is 38.5 Å². The summed E-state index contributed by atoms with van der Waals surface area (Å²) in [7, 11) is 0. The van der Waals surface area contributed by atoms with E-state index in [0.29, 0.717) is 16.9 Å². The maximum absolute atomic E-state index is 11.6. The van der Waals surface area contributed by atoms with Gasteiger partial charge in [-0.1, -0.05) is 0 Å². The molecule has 19 heavy (non-hydrogen) atoms. The van der Waals surface area contributed by atoms with Crippen molar-refractivity contribution in [2.24, 2.45) is 0 Å². The first-order chi connectivity index (χ1) is 8.90. The van der Waals surface area contributed by atoms with Gasteiger partial charge < -0.3 is 14.3 Å². The fourth-order valence-electron chi connectivity index (χ4n) is 1.76. The number of benzene rings is 1. The van der Waals surface area contributed by atoms with Crippen LogP contribution >= 0.6 is 0 Å². The fraction of sp³-hybridized carbons (Fsp3) is 0.286. The molecule has 0 unspecified atom stereocenters. The third-order valence-corrected chi connectivity index (χ3v) is 3.09. The van der Waals surface area contributed by atoms with Crippen molar-refractivity contribution < 1.29 is 19.1 Å². The summed E-state index contributed by atoms with van der Waals surface area (Å²) in [6, 6.07) is 4.95. The number of aliphatic carboxylic acids is 1. The van der Waals surface area contributed by atoms with Crippen LogP contribution in [0.4, 0.5) is 0 Å². The summed E-state index contributed by atoms with van der Waals surface area (Å²) in [5, 5.41) is 9.60. The largest absolute Gasteiger partial charge is 0.479 e. The number of carboxylic acid groups (broad SMARTS) is 1. The van der Waals surface area contributed by atoms with E-state index in [0.717, 1.165) is 10.9 Å². The van der Waals surface area contributed by atoms with E-state index in [-0.39, 0.29) is 0 Å². The van der Waals surface area contributed by atoms with E-state index in [9.17, 15) is 9.59 Å². The van der Waals surface area contributed by atoms with Gasteiger partial charge in [0.15, 0.2) is 6.10 Å². The normalized spacial score (nSPS) is 12.4. The Labute approximate surface area is 109 Å². The predicted molar refractivity (Wildman–Crippen MR) is 69.7 cm³/mol. The zero-order valence-electron chi connectivity index (χ0n) is 10.9. The maximum atomic E-state index is 11.6. The first-order valence-electron chi connectivity index (χ1n) is 5.83. The van der Waals surface area contributed by atoms with E-state index in [1.54, 1.807) is 19.1 Å². The van der Waals surface area contributed by atoms with Crippen LogP contribution in [0.25, 0.3) is 11.0 Å². The van der Waals surface area contributed by atoms with Crippen molar-refractivity contribution >= 4 is 16.9 Å². The van der Waals surface area contributed by atoms with Crippen molar-refractivity contribution in [1.29, 1.82) is 0 Å². The molecule has 2 rings (SSSR count). The number of hydrogen-bond acceptors (Lipinski definition) is 4. The molecule has 100 valence electrons. The van der Waals surface area contributed by atoms with E-state index in [1.165, 1.54) is 13.0 Å². The zero-order chi connectivity index (χ0) is 14.2. The van der Waals surface area contributed by atoms with Crippen molar-refractivity contribution in [3.8, 4) is 5.75 Å². The summed E-state index contributed by atoms with van der Waals surface area (Å²) < 4.78 is 10.4. The van der Waals surface area contributed by atoms with Crippen LogP contribution in [0.3, 0.4) is 0 Å². The van der Waals surface area contributed by atoms with E-state index in [1.807, 2.05) is 6.92 Å². The van der Waals surface area contributed by atoms with Crippen molar-refractivity contribution in [3.05, 3.63) is 39.7 Å². The number of fused-ring (bicyclic) bond motifs is 1. The molecular weight excluding hydrogens is 248 g/mol. The number of rotatable bonds is 3. The lowest BCUT2D eigenvalue weighted by atomic mass is 10.1. The van der Waals surface area contributed by atoms with Crippen LogP contribution in [0.15, 0.2) is 27.4 Å². The molecular formula is C14H14O5. The summed E-state index contributed by atoms with van der Waals surface area (Å²) in [6.07, 6.45) is -0.962. The van der Waals surface area contributed by atoms with Gasteiger partial charge in [0, 0.05) is 17.0 Å². The van der Waals surface area contributed by atoms with Crippen molar-refractivity contribution in [2.75, 3.05) is 0 Å². The number of carbonyl (C=O) groups is 1. The highest BCUT2D eigenvalue weighted by Gasteiger charge is 2.14. The predicted octanol–water partition coefficient (Wildman–Crippen LogP) is 2.26. The Morgan fingerprint density at radius 2 is 2.00 bits per heavy atom. The zero-order valence-corrected chi connectivity index (χ0v) is 10.9. The van der Waals surface area contributed by atoms with Gasteiger partial charge in [-0.15, -0.1) is 0 Å². The molecule has 0 fully saturated rings. The molecule has 1 N–H and O–H groups in total. The first-order valence-corrected chi connectivity index (χ1v) is 5.83. The minimum atomic E-state index is -1.05. The Morgan fingerprint density at radius 3 is 2.63 bits per heavy atom. The van der Waals surface area contributed by atoms with Gasteiger partial charge in [-0.25, -0.2) is 9.59 Å². The van der Waals surface area contributed by atoms with Crippen LogP contribution in [0, 0.1) is 13.8 Å². The summed E-state index contributed by atoms with van der Waals surface area (Å²) in [6.45, 7) is 4.98. The molecule has 5 heteroatoms. The van der Waals surface area contributed by atoms with E-state index in [2.05, 4.69) is 0 Å². The second-order valence-electron chi connectivity index (χ2n) is 4.40. The molecule has 0 aliphatic carbocycles. The molecule has 0 saturated carbocycles. The van der Waals surface area contributed by atoms with Gasteiger partial charge in [0.1, 0.15) is 11.3 Å². The third kappa shape index (κ3) is 2.45. The molecule has 0 amide bonds. The molecule has 1 aromatic heterocycles. The minimum Gasteiger partial charge on any atom is -0.479 e. The Kier molecular flexibility index (Phi) is 3.29. The highest BCUT2D eigenvalue weighted by Crippen LogP contribution is 2.24. The number of aryl methyl sites for hydroxylation is 1. The van der Waals surface area contributed by atoms with Gasteiger partial charge in [-0.2, -0.15) is 0 Å². The average molecular weight is 262 g/mol. The quantitative estimate of drug-likeness (QED) is 0.858. The van der Waals surface area contributed by atoms with E-state index < -0.39 is 17.7 Å². The molecule has 0 aliphatic heterocycles. The van der Waals surface area contributed by atoms with E-state index >= 15 is 0 Å². The molecule has 0 bridgehead atoms. The van der Waals surface area contributed by atoms with Crippen molar-refractivity contribution in [2.45, 2.75) is 26.9 Å². The molecule has 0 saturated heterocycles. The first kappa shape index (κ1) is 13.1. The van der Waals surface area contributed by atoms with E-state index in [4.69, 9.17) is 14.3 Å². The second-order valence-corrected chi connectivity index (χ2v) is 4.40. The summed E-state index contributed by atoms with van der Waals surface area (Å²) in [4.78, 5) is 22.3. The fourth-order valence-corrected chi connectivity index (χ4v) is 1.76. The number of ether oxygens (including phenoxy) is 1. The lowest BCUT2D eigenvalue weighted by Gasteiger charge is -2.11. The Morgan fingerprint density at radius 1 is 1.32 bits per heavy atom. The lowest BCUT2D eigenvalue weighted by molar-refractivity contribution is -0.144. The van der Waals surface area contributed by atoms with Gasteiger partial charge in [0.05, 0.1) is 0 Å². The molecule has 2 aromatic rings. The highest BCUT2D eigenvalue weighted by atomic mass is 16.5. The van der Waals surface area contributed by atoms with Crippen molar-refractivity contribution in [1.82, 2.24) is 0 Å². The Hall–Kier alpha value is -2.30. The molecule has 1 aromatic carbocycles. The van der Waals surface area contributed by atoms with Gasteiger partial charge in [-0.3, -0.25) is 0 Å². The SMILES string of the molecule is Cc1c(C)c2ccc(O[C@@H](C)C(=O)O)cc2oc1=O. The number of carboxylic acids is 1.